The molecule has 3 rings (SSSR count). The zero-order chi connectivity index (χ0) is 24.0. The molecule has 0 aromatic heterocycles. The van der Waals surface area contributed by atoms with Crippen molar-refractivity contribution < 1.29 is 28.2 Å². The van der Waals surface area contributed by atoms with Crippen LogP contribution in [0.25, 0.3) is 6.08 Å². The van der Waals surface area contributed by atoms with Crippen molar-refractivity contribution in [1.82, 2.24) is 4.90 Å². The average Bonchev–Trinajstić information content (AvgIpc) is 3.08. The molecule has 1 fully saturated rings. The Hall–Kier alpha value is -2.85. The molecule has 0 unspecified atom stereocenters. The molecular weight excluding hydrogens is 515 g/mol. The number of carbonyl (C=O) groups excluding carboxylic acids is 2. The zero-order valence-corrected chi connectivity index (χ0v) is 20.7. The highest BCUT2D eigenvalue weighted by atomic mass is 79.9. The van der Waals surface area contributed by atoms with Crippen LogP contribution in [-0.4, -0.2) is 48.8 Å². The van der Waals surface area contributed by atoms with Crippen molar-refractivity contribution in [3.05, 3.63) is 57.2 Å². The monoisotopic (exact) mass is 536 g/mol. The Kier molecular flexibility index (Phi) is 8.51. The van der Waals surface area contributed by atoms with Gasteiger partial charge in [-0.3, -0.25) is 9.69 Å². The summed E-state index contributed by atoms with van der Waals surface area (Å²) in [5, 5.41) is 0.516. The van der Waals surface area contributed by atoms with Crippen molar-refractivity contribution in [1.29, 1.82) is 0 Å². The Bertz CT molecular complexity index is 1100. The number of carbonyl (C=O) groups is 2. The molecule has 1 heterocycles. The average molecular weight is 537 g/mol. The minimum absolute atomic E-state index is 0.177. The summed E-state index contributed by atoms with van der Waals surface area (Å²) in [6, 6.07) is 9.26. The smallest absolute Gasteiger partial charge is 0.343 e. The maximum absolute atomic E-state index is 13.2. The number of esters is 1. The Morgan fingerprint density at radius 2 is 1.94 bits per heavy atom. The highest BCUT2D eigenvalue weighted by molar-refractivity contribution is 9.10. The van der Waals surface area contributed by atoms with Gasteiger partial charge >= 0.3 is 5.97 Å². The van der Waals surface area contributed by atoms with Crippen LogP contribution >= 0.6 is 27.7 Å². The summed E-state index contributed by atoms with van der Waals surface area (Å²) in [6.07, 6.45) is 1.74. The number of likely N-dealkylation sites (N-methyl/N-ethyl adjacent to an activating group) is 1. The van der Waals surface area contributed by atoms with Crippen LogP contribution in [0.4, 0.5) is 10.1 Å². The molecule has 10 heteroatoms. The first-order valence-corrected chi connectivity index (χ1v) is 11.7. The molecule has 0 spiro atoms. The molecule has 0 saturated carbocycles. The van der Waals surface area contributed by atoms with Crippen molar-refractivity contribution in [3.63, 3.8) is 0 Å². The lowest BCUT2D eigenvalue weighted by atomic mass is 10.2. The first-order chi connectivity index (χ1) is 15.9. The lowest BCUT2D eigenvalue weighted by Crippen LogP contribution is -2.28. The van der Waals surface area contributed by atoms with Crippen molar-refractivity contribution >= 4 is 56.5 Å². The Labute approximate surface area is 203 Å². The summed E-state index contributed by atoms with van der Waals surface area (Å²) in [4.78, 5) is 30.9. The van der Waals surface area contributed by atoms with E-state index in [2.05, 4.69) is 25.7 Å². The van der Waals surface area contributed by atoms with Gasteiger partial charge in [0.2, 0.25) is 0 Å². The SMILES string of the molecule is CCOc1cc(/C=C2/SC(=Nc3ccc(F)cc3)N(CC)C2=O)cc(Br)c1OCC(=O)OC. The third-order valence-corrected chi connectivity index (χ3v) is 6.04. The largest absolute Gasteiger partial charge is 0.490 e. The van der Waals surface area contributed by atoms with Crippen LogP contribution in [-0.2, 0) is 14.3 Å². The fourth-order valence-corrected chi connectivity index (χ4v) is 4.55. The van der Waals surface area contributed by atoms with E-state index in [1.165, 1.54) is 31.0 Å². The second kappa shape index (κ2) is 11.3. The normalized spacial score (nSPS) is 15.9. The summed E-state index contributed by atoms with van der Waals surface area (Å²) in [5.41, 5.74) is 1.26. The minimum Gasteiger partial charge on any atom is -0.490 e. The minimum atomic E-state index is -0.517. The standard InChI is InChI=1S/C23H22BrFN2O5S/c1-4-27-22(29)19(33-23(27)26-16-8-6-15(25)7-9-16)12-14-10-17(24)21(18(11-14)31-5-2)32-13-20(28)30-3/h6-12H,4-5,13H2,1-3H3/b19-12+,26-23?. The predicted octanol–water partition coefficient (Wildman–Crippen LogP) is 5.16. The van der Waals surface area contributed by atoms with Crippen LogP contribution in [0.1, 0.15) is 19.4 Å². The topological polar surface area (TPSA) is 77.4 Å². The number of benzene rings is 2. The number of thioether (sulfide) groups is 1. The maximum atomic E-state index is 13.2. The second-order valence-electron chi connectivity index (χ2n) is 6.66. The van der Waals surface area contributed by atoms with E-state index in [0.717, 1.165) is 0 Å². The number of rotatable bonds is 8. The van der Waals surface area contributed by atoms with Crippen LogP contribution in [0.3, 0.4) is 0 Å². The van der Waals surface area contributed by atoms with Crippen molar-refractivity contribution in [2.24, 2.45) is 4.99 Å². The van der Waals surface area contributed by atoms with E-state index < -0.39 is 5.97 Å². The zero-order valence-electron chi connectivity index (χ0n) is 18.3. The van der Waals surface area contributed by atoms with E-state index in [1.807, 2.05) is 13.8 Å². The number of hydrogen-bond donors (Lipinski definition) is 0. The summed E-state index contributed by atoms with van der Waals surface area (Å²) in [5.74, 6) is -0.259. The number of amidine groups is 1. The van der Waals surface area contributed by atoms with E-state index >= 15 is 0 Å². The summed E-state index contributed by atoms with van der Waals surface area (Å²) >= 11 is 4.69. The van der Waals surface area contributed by atoms with Crippen LogP contribution in [0, 0.1) is 5.82 Å². The van der Waals surface area contributed by atoms with Gasteiger partial charge in [-0.2, -0.15) is 0 Å². The summed E-state index contributed by atoms with van der Waals surface area (Å²) in [6.45, 7) is 4.25. The molecule has 2 aromatic carbocycles. The first kappa shape index (κ1) is 24.8. The van der Waals surface area contributed by atoms with Crippen molar-refractivity contribution in [2.75, 3.05) is 26.9 Å². The van der Waals surface area contributed by atoms with Gasteiger partial charge in [-0.1, -0.05) is 0 Å². The number of methoxy groups -OCH3 is 1. The first-order valence-electron chi connectivity index (χ1n) is 10.1. The maximum Gasteiger partial charge on any atom is 0.343 e. The van der Waals surface area contributed by atoms with Crippen LogP contribution in [0.5, 0.6) is 11.5 Å². The van der Waals surface area contributed by atoms with Gasteiger partial charge < -0.3 is 14.2 Å². The van der Waals surface area contributed by atoms with Crippen LogP contribution in [0.15, 0.2) is 50.8 Å². The Balaban J connectivity index is 1.91. The third kappa shape index (κ3) is 6.14. The van der Waals surface area contributed by atoms with Gasteiger partial charge in [-0.25, -0.2) is 14.2 Å². The van der Waals surface area contributed by atoms with E-state index in [9.17, 15) is 14.0 Å². The van der Waals surface area contributed by atoms with Gasteiger partial charge in [-0.15, -0.1) is 0 Å². The number of amides is 1. The second-order valence-corrected chi connectivity index (χ2v) is 8.52. The van der Waals surface area contributed by atoms with Gasteiger partial charge in [-0.05, 0) is 89.6 Å². The molecule has 33 heavy (non-hydrogen) atoms. The third-order valence-electron chi connectivity index (χ3n) is 4.45. The van der Waals surface area contributed by atoms with E-state index in [4.69, 9.17) is 9.47 Å². The molecule has 0 N–H and O–H groups in total. The fourth-order valence-electron chi connectivity index (χ4n) is 2.91. The summed E-state index contributed by atoms with van der Waals surface area (Å²) in [7, 11) is 1.28. The van der Waals surface area contributed by atoms with Crippen LogP contribution in [0.2, 0.25) is 0 Å². The lowest BCUT2D eigenvalue weighted by Gasteiger charge is -2.14. The quantitative estimate of drug-likeness (QED) is 0.342. The van der Waals surface area contributed by atoms with Crippen molar-refractivity contribution in [3.8, 4) is 11.5 Å². The summed E-state index contributed by atoms with van der Waals surface area (Å²) < 4.78 is 29.6. The number of nitrogens with zero attached hydrogens (tertiary/aromatic N) is 2. The molecule has 174 valence electrons. The Morgan fingerprint density at radius 1 is 1.21 bits per heavy atom. The number of aliphatic imine (C=N–C) groups is 1. The van der Waals surface area contributed by atoms with Gasteiger partial charge in [0.1, 0.15) is 5.82 Å². The van der Waals surface area contributed by atoms with Gasteiger partial charge in [0.15, 0.2) is 23.3 Å². The molecule has 1 aliphatic rings. The molecule has 0 radical (unpaired) electrons. The molecule has 0 aliphatic carbocycles. The van der Waals surface area contributed by atoms with Crippen LogP contribution < -0.4 is 9.47 Å². The predicted molar refractivity (Wildman–Crippen MR) is 129 cm³/mol. The van der Waals surface area contributed by atoms with Crippen molar-refractivity contribution in [2.45, 2.75) is 13.8 Å². The van der Waals surface area contributed by atoms with E-state index in [-0.39, 0.29) is 18.3 Å². The molecule has 7 nitrogen and oxygen atoms in total. The highest BCUT2D eigenvalue weighted by Gasteiger charge is 2.32. The molecule has 1 aliphatic heterocycles. The lowest BCUT2D eigenvalue weighted by molar-refractivity contribution is -0.143. The number of ether oxygens (including phenoxy) is 3. The van der Waals surface area contributed by atoms with Gasteiger partial charge in [0.05, 0.1) is 28.8 Å². The number of hydrogen-bond acceptors (Lipinski definition) is 7. The van der Waals surface area contributed by atoms with Gasteiger partial charge in [0, 0.05) is 6.54 Å². The molecule has 1 amide bonds. The molecule has 0 bridgehead atoms. The molecular formula is C23H22BrFN2O5S. The number of halogens is 2. The molecule has 1 saturated heterocycles. The fraction of sp³-hybridized carbons (Fsp3) is 0.261. The molecule has 2 aromatic rings. The van der Waals surface area contributed by atoms with Gasteiger partial charge in [0.25, 0.3) is 5.91 Å². The van der Waals surface area contributed by atoms with E-state index in [1.54, 1.807) is 35.2 Å². The molecule has 0 atom stereocenters. The Morgan fingerprint density at radius 3 is 2.58 bits per heavy atom. The highest BCUT2D eigenvalue weighted by Crippen LogP contribution is 2.39. The van der Waals surface area contributed by atoms with E-state index in [0.29, 0.717) is 50.4 Å².